The zero-order valence-corrected chi connectivity index (χ0v) is 12.9. The summed E-state index contributed by atoms with van der Waals surface area (Å²) in [6.07, 6.45) is -0.659. The van der Waals surface area contributed by atoms with E-state index in [0.29, 0.717) is 17.2 Å². The topological polar surface area (TPSA) is 73.6 Å². The SMILES string of the molecule is COc1ccccc1O[C@@H](C)C(=O)Nc1ccc(N)cc1C. The van der Waals surface area contributed by atoms with Crippen molar-refractivity contribution in [3.63, 3.8) is 0 Å². The first-order valence-corrected chi connectivity index (χ1v) is 6.98. The van der Waals surface area contributed by atoms with Crippen LogP contribution in [0.25, 0.3) is 0 Å². The minimum atomic E-state index is -0.659. The Morgan fingerprint density at radius 2 is 1.86 bits per heavy atom. The van der Waals surface area contributed by atoms with Gasteiger partial charge in [-0.05, 0) is 49.7 Å². The Hall–Kier alpha value is -2.69. The molecule has 2 aromatic rings. The van der Waals surface area contributed by atoms with Gasteiger partial charge in [-0.2, -0.15) is 0 Å². The van der Waals surface area contributed by atoms with Crippen LogP contribution in [0, 0.1) is 6.92 Å². The van der Waals surface area contributed by atoms with Gasteiger partial charge in [0.25, 0.3) is 5.91 Å². The highest BCUT2D eigenvalue weighted by Crippen LogP contribution is 2.27. The molecule has 0 aliphatic heterocycles. The maximum Gasteiger partial charge on any atom is 0.265 e. The van der Waals surface area contributed by atoms with Crippen LogP contribution in [-0.2, 0) is 4.79 Å². The smallest absolute Gasteiger partial charge is 0.265 e. The molecule has 0 saturated heterocycles. The number of carbonyl (C=O) groups is 1. The number of para-hydroxylation sites is 2. The van der Waals surface area contributed by atoms with Gasteiger partial charge in [0.15, 0.2) is 17.6 Å². The number of amides is 1. The molecule has 1 atom stereocenters. The molecule has 0 aromatic heterocycles. The quantitative estimate of drug-likeness (QED) is 0.833. The number of methoxy groups -OCH3 is 1. The molecule has 0 heterocycles. The summed E-state index contributed by atoms with van der Waals surface area (Å²) >= 11 is 0. The molecule has 0 saturated carbocycles. The minimum absolute atomic E-state index is 0.237. The van der Waals surface area contributed by atoms with Crippen molar-refractivity contribution >= 4 is 17.3 Å². The zero-order chi connectivity index (χ0) is 16.1. The van der Waals surface area contributed by atoms with Gasteiger partial charge in [-0.3, -0.25) is 4.79 Å². The van der Waals surface area contributed by atoms with E-state index < -0.39 is 6.10 Å². The predicted molar refractivity (Wildman–Crippen MR) is 87.3 cm³/mol. The summed E-state index contributed by atoms with van der Waals surface area (Å²) < 4.78 is 10.9. The lowest BCUT2D eigenvalue weighted by atomic mass is 10.1. The standard InChI is InChI=1S/C17H20N2O3/c1-11-10-13(18)8-9-14(11)19-17(20)12(2)22-16-7-5-4-6-15(16)21-3/h4-10,12H,18H2,1-3H3,(H,19,20)/t12-/m0/s1. The Labute approximate surface area is 130 Å². The Kier molecular flexibility index (Phi) is 4.88. The van der Waals surface area contributed by atoms with E-state index in [2.05, 4.69) is 5.32 Å². The lowest BCUT2D eigenvalue weighted by Crippen LogP contribution is -2.30. The van der Waals surface area contributed by atoms with Gasteiger partial charge in [0.05, 0.1) is 7.11 Å². The van der Waals surface area contributed by atoms with E-state index in [1.54, 1.807) is 44.4 Å². The van der Waals surface area contributed by atoms with Crippen LogP contribution in [0.5, 0.6) is 11.5 Å². The number of anilines is 2. The summed E-state index contributed by atoms with van der Waals surface area (Å²) in [5.74, 6) is 0.881. The number of benzene rings is 2. The largest absolute Gasteiger partial charge is 0.493 e. The van der Waals surface area contributed by atoms with Crippen LogP contribution in [0.15, 0.2) is 42.5 Å². The number of nitrogen functional groups attached to an aromatic ring is 1. The van der Waals surface area contributed by atoms with Crippen molar-refractivity contribution < 1.29 is 14.3 Å². The molecule has 2 aromatic carbocycles. The Bertz CT molecular complexity index is 671. The van der Waals surface area contributed by atoms with Gasteiger partial charge in [0, 0.05) is 11.4 Å². The average molecular weight is 300 g/mol. The average Bonchev–Trinajstić information content (AvgIpc) is 2.50. The summed E-state index contributed by atoms with van der Waals surface area (Å²) in [6, 6.07) is 12.5. The molecule has 0 unspecified atom stereocenters. The number of ether oxygens (including phenoxy) is 2. The first-order valence-electron chi connectivity index (χ1n) is 6.98. The number of rotatable bonds is 5. The van der Waals surface area contributed by atoms with Crippen LogP contribution >= 0.6 is 0 Å². The number of aryl methyl sites for hydroxylation is 1. The van der Waals surface area contributed by atoms with Gasteiger partial charge in [-0.15, -0.1) is 0 Å². The molecule has 0 aliphatic carbocycles. The van der Waals surface area contributed by atoms with Crippen molar-refractivity contribution in [2.24, 2.45) is 0 Å². The molecule has 0 radical (unpaired) electrons. The van der Waals surface area contributed by atoms with Gasteiger partial charge in [-0.1, -0.05) is 12.1 Å². The Morgan fingerprint density at radius 1 is 1.18 bits per heavy atom. The zero-order valence-electron chi connectivity index (χ0n) is 12.9. The Balaban J connectivity index is 2.06. The fourth-order valence-electron chi connectivity index (χ4n) is 2.02. The molecule has 116 valence electrons. The first kappa shape index (κ1) is 15.7. The molecule has 5 nitrogen and oxygen atoms in total. The van der Waals surface area contributed by atoms with Gasteiger partial charge in [0.2, 0.25) is 0 Å². The fraction of sp³-hybridized carbons (Fsp3) is 0.235. The molecule has 0 aliphatic rings. The van der Waals surface area contributed by atoms with Crippen molar-refractivity contribution in [2.75, 3.05) is 18.2 Å². The number of carbonyl (C=O) groups excluding carboxylic acids is 1. The van der Waals surface area contributed by atoms with Gasteiger partial charge in [0.1, 0.15) is 0 Å². The number of nitrogens with one attached hydrogen (secondary N) is 1. The van der Waals surface area contributed by atoms with Crippen LogP contribution in [-0.4, -0.2) is 19.1 Å². The number of hydrogen-bond acceptors (Lipinski definition) is 4. The predicted octanol–water partition coefficient (Wildman–Crippen LogP) is 2.99. The highest BCUT2D eigenvalue weighted by atomic mass is 16.5. The van der Waals surface area contributed by atoms with E-state index in [9.17, 15) is 4.79 Å². The summed E-state index contributed by atoms with van der Waals surface area (Å²) in [5.41, 5.74) is 7.98. The second-order valence-electron chi connectivity index (χ2n) is 4.97. The minimum Gasteiger partial charge on any atom is -0.493 e. The monoisotopic (exact) mass is 300 g/mol. The second kappa shape index (κ2) is 6.85. The van der Waals surface area contributed by atoms with E-state index in [1.807, 2.05) is 19.1 Å². The van der Waals surface area contributed by atoms with Crippen molar-refractivity contribution in [1.82, 2.24) is 0 Å². The van der Waals surface area contributed by atoms with Crippen molar-refractivity contribution in [3.8, 4) is 11.5 Å². The molecular formula is C17H20N2O3. The molecule has 0 spiro atoms. The molecule has 0 fully saturated rings. The van der Waals surface area contributed by atoms with Crippen LogP contribution in [0.4, 0.5) is 11.4 Å². The summed E-state index contributed by atoms with van der Waals surface area (Å²) in [4.78, 5) is 12.2. The highest BCUT2D eigenvalue weighted by molar-refractivity contribution is 5.95. The van der Waals surface area contributed by atoms with Crippen LogP contribution in [0.3, 0.4) is 0 Å². The number of nitrogens with two attached hydrogens (primary N) is 1. The maximum atomic E-state index is 12.2. The summed E-state index contributed by atoms with van der Waals surface area (Å²) in [5, 5.41) is 2.83. The van der Waals surface area contributed by atoms with E-state index in [4.69, 9.17) is 15.2 Å². The third-order valence-electron chi connectivity index (χ3n) is 3.25. The molecule has 3 N–H and O–H groups in total. The van der Waals surface area contributed by atoms with Gasteiger partial charge < -0.3 is 20.5 Å². The van der Waals surface area contributed by atoms with Crippen molar-refractivity contribution in [1.29, 1.82) is 0 Å². The molecule has 1 amide bonds. The lowest BCUT2D eigenvalue weighted by Gasteiger charge is -2.17. The third kappa shape index (κ3) is 3.69. The normalized spacial score (nSPS) is 11.6. The van der Waals surface area contributed by atoms with E-state index in [0.717, 1.165) is 11.3 Å². The second-order valence-corrected chi connectivity index (χ2v) is 4.97. The molecule has 0 bridgehead atoms. The first-order chi connectivity index (χ1) is 10.5. The van der Waals surface area contributed by atoms with E-state index in [-0.39, 0.29) is 5.91 Å². The number of hydrogen-bond donors (Lipinski definition) is 2. The van der Waals surface area contributed by atoms with Gasteiger partial charge in [-0.25, -0.2) is 0 Å². The fourth-order valence-corrected chi connectivity index (χ4v) is 2.02. The third-order valence-corrected chi connectivity index (χ3v) is 3.25. The van der Waals surface area contributed by atoms with Crippen LogP contribution in [0.2, 0.25) is 0 Å². The van der Waals surface area contributed by atoms with Crippen molar-refractivity contribution in [2.45, 2.75) is 20.0 Å². The molecule has 22 heavy (non-hydrogen) atoms. The van der Waals surface area contributed by atoms with Crippen LogP contribution < -0.4 is 20.5 Å². The maximum absolute atomic E-state index is 12.2. The Morgan fingerprint density at radius 3 is 2.50 bits per heavy atom. The lowest BCUT2D eigenvalue weighted by molar-refractivity contribution is -0.122. The van der Waals surface area contributed by atoms with E-state index in [1.165, 1.54) is 0 Å². The summed E-state index contributed by atoms with van der Waals surface area (Å²) in [6.45, 7) is 3.58. The van der Waals surface area contributed by atoms with Crippen LogP contribution in [0.1, 0.15) is 12.5 Å². The molecular weight excluding hydrogens is 280 g/mol. The highest BCUT2D eigenvalue weighted by Gasteiger charge is 2.17. The van der Waals surface area contributed by atoms with Gasteiger partial charge >= 0.3 is 0 Å². The van der Waals surface area contributed by atoms with Crippen molar-refractivity contribution in [3.05, 3.63) is 48.0 Å². The molecule has 5 heteroatoms. The molecule has 2 rings (SSSR count). The van der Waals surface area contributed by atoms with E-state index >= 15 is 0 Å². The summed E-state index contributed by atoms with van der Waals surface area (Å²) in [7, 11) is 1.56.